The van der Waals surface area contributed by atoms with E-state index >= 15 is 0 Å². The second kappa shape index (κ2) is 8.84. The maximum Gasteiger partial charge on any atom is 0.349 e. The number of esters is 1. The molecule has 5 nitrogen and oxygen atoms in total. The van der Waals surface area contributed by atoms with Crippen molar-refractivity contribution in [2.24, 2.45) is 0 Å². The summed E-state index contributed by atoms with van der Waals surface area (Å²) in [6.45, 7) is 3.37. The van der Waals surface area contributed by atoms with E-state index in [0.717, 1.165) is 5.56 Å². The molecule has 0 saturated heterocycles. The molecule has 0 aromatic heterocycles. The zero-order chi connectivity index (χ0) is 19.1. The molecular weight excluding hydrogens is 352 g/mol. The number of ether oxygens (including phenoxy) is 1. The number of hydrogen-bond donors (Lipinski definition) is 1. The Morgan fingerprint density at radius 1 is 1.23 bits per heavy atom. The van der Waals surface area contributed by atoms with Crippen molar-refractivity contribution in [3.63, 3.8) is 0 Å². The lowest BCUT2D eigenvalue weighted by atomic mass is 10.1. The van der Waals surface area contributed by atoms with Gasteiger partial charge in [-0.05, 0) is 43.7 Å². The number of nitrogens with zero attached hydrogens (tertiary/aromatic N) is 1. The van der Waals surface area contributed by atoms with Crippen molar-refractivity contribution in [2.75, 3.05) is 5.32 Å². The first-order chi connectivity index (χ1) is 12.4. The summed E-state index contributed by atoms with van der Waals surface area (Å²) in [5.41, 5.74) is 2.06. The summed E-state index contributed by atoms with van der Waals surface area (Å²) >= 11 is 5.86. The van der Waals surface area contributed by atoms with Gasteiger partial charge in [-0.2, -0.15) is 5.26 Å². The molecule has 0 unspecified atom stereocenters. The number of carbonyl (C=O) groups excluding carboxylic acids is 2. The molecule has 2 aromatic rings. The van der Waals surface area contributed by atoms with Gasteiger partial charge in [-0.25, -0.2) is 4.79 Å². The van der Waals surface area contributed by atoms with Crippen LogP contribution in [0.2, 0.25) is 5.02 Å². The second-order valence-corrected chi connectivity index (χ2v) is 6.06. The van der Waals surface area contributed by atoms with Crippen LogP contribution >= 0.6 is 11.6 Å². The van der Waals surface area contributed by atoms with Crippen LogP contribution in [0.3, 0.4) is 0 Å². The van der Waals surface area contributed by atoms with Crippen LogP contribution in [0.15, 0.2) is 54.1 Å². The first kappa shape index (κ1) is 19.2. The Morgan fingerprint density at radius 3 is 2.54 bits per heavy atom. The molecular formula is C20H17ClN2O3. The highest BCUT2D eigenvalue weighted by Gasteiger charge is 2.20. The van der Waals surface area contributed by atoms with Gasteiger partial charge < -0.3 is 10.1 Å². The highest BCUT2D eigenvalue weighted by atomic mass is 35.5. The molecule has 0 spiro atoms. The summed E-state index contributed by atoms with van der Waals surface area (Å²) in [5, 5.41) is 12.3. The maximum atomic E-state index is 12.2. The molecule has 0 bridgehead atoms. The van der Waals surface area contributed by atoms with Crippen LogP contribution in [0.4, 0.5) is 5.69 Å². The first-order valence-electron chi connectivity index (χ1n) is 7.85. The third kappa shape index (κ3) is 5.47. The molecule has 0 fully saturated rings. The molecule has 0 aliphatic heterocycles. The molecule has 6 heteroatoms. The van der Waals surface area contributed by atoms with E-state index in [-0.39, 0.29) is 5.57 Å². The van der Waals surface area contributed by atoms with E-state index in [0.29, 0.717) is 16.3 Å². The molecule has 0 aliphatic carbocycles. The van der Waals surface area contributed by atoms with Crippen molar-refractivity contribution >= 4 is 35.2 Å². The summed E-state index contributed by atoms with van der Waals surface area (Å²) in [4.78, 5) is 24.3. The SMILES string of the molecule is Cc1ccc(/C=C(\C#N)C(=O)O[C@H](C)C(=O)Nc2cccc(Cl)c2)cc1. The Hall–Kier alpha value is -3.10. The molecule has 0 heterocycles. The Bertz CT molecular complexity index is 883. The minimum atomic E-state index is -1.07. The first-order valence-corrected chi connectivity index (χ1v) is 8.22. The van der Waals surface area contributed by atoms with Gasteiger partial charge in [-0.1, -0.05) is 47.5 Å². The predicted molar refractivity (Wildman–Crippen MR) is 100 cm³/mol. The van der Waals surface area contributed by atoms with Crippen molar-refractivity contribution in [2.45, 2.75) is 20.0 Å². The van der Waals surface area contributed by atoms with Gasteiger partial charge in [-0.15, -0.1) is 0 Å². The van der Waals surface area contributed by atoms with Crippen LogP contribution in [0.5, 0.6) is 0 Å². The van der Waals surface area contributed by atoms with E-state index in [1.807, 2.05) is 19.1 Å². The Balaban J connectivity index is 2.03. The standard InChI is InChI=1S/C20H17ClN2O3/c1-13-6-8-15(9-7-13)10-16(12-22)20(25)26-14(2)19(24)23-18-5-3-4-17(21)11-18/h3-11,14H,1-2H3,(H,23,24)/b16-10+/t14-/m1/s1. The molecule has 26 heavy (non-hydrogen) atoms. The van der Waals surface area contributed by atoms with Crippen molar-refractivity contribution in [1.82, 2.24) is 0 Å². The average Bonchev–Trinajstić information content (AvgIpc) is 2.61. The van der Waals surface area contributed by atoms with Gasteiger partial charge in [-0.3, -0.25) is 4.79 Å². The lowest BCUT2D eigenvalue weighted by molar-refractivity contribution is -0.148. The van der Waals surface area contributed by atoms with Gasteiger partial charge in [0.25, 0.3) is 5.91 Å². The van der Waals surface area contributed by atoms with E-state index in [2.05, 4.69) is 5.32 Å². The van der Waals surface area contributed by atoms with Crippen LogP contribution in [-0.2, 0) is 14.3 Å². The summed E-state index contributed by atoms with van der Waals surface area (Å²) in [7, 11) is 0. The number of aryl methyl sites for hydroxylation is 1. The highest BCUT2D eigenvalue weighted by Crippen LogP contribution is 2.16. The van der Waals surface area contributed by atoms with Crippen molar-refractivity contribution < 1.29 is 14.3 Å². The fraction of sp³-hybridized carbons (Fsp3) is 0.150. The summed E-state index contributed by atoms with van der Waals surface area (Å²) < 4.78 is 5.09. The van der Waals surface area contributed by atoms with Gasteiger partial charge in [0, 0.05) is 10.7 Å². The fourth-order valence-corrected chi connectivity index (χ4v) is 2.24. The molecule has 132 valence electrons. The Morgan fingerprint density at radius 2 is 1.92 bits per heavy atom. The third-order valence-electron chi connectivity index (χ3n) is 3.47. The predicted octanol–water partition coefficient (Wildman–Crippen LogP) is 4.13. The molecule has 2 rings (SSSR count). The highest BCUT2D eigenvalue weighted by molar-refractivity contribution is 6.30. The number of carbonyl (C=O) groups is 2. The zero-order valence-corrected chi connectivity index (χ0v) is 15.1. The minimum absolute atomic E-state index is 0.184. The van der Waals surface area contributed by atoms with Crippen LogP contribution in [-0.4, -0.2) is 18.0 Å². The fourth-order valence-electron chi connectivity index (χ4n) is 2.05. The lowest BCUT2D eigenvalue weighted by Gasteiger charge is -2.13. The molecule has 1 amide bonds. The second-order valence-electron chi connectivity index (χ2n) is 5.63. The number of hydrogen-bond acceptors (Lipinski definition) is 4. The van der Waals surface area contributed by atoms with Crippen molar-refractivity contribution in [1.29, 1.82) is 5.26 Å². The van der Waals surface area contributed by atoms with E-state index in [1.54, 1.807) is 42.5 Å². The minimum Gasteiger partial charge on any atom is -0.448 e. The van der Waals surface area contributed by atoms with Crippen LogP contribution in [0.1, 0.15) is 18.1 Å². The topological polar surface area (TPSA) is 79.2 Å². The van der Waals surface area contributed by atoms with E-state index in [1.165, 1.54) is 13.0 Å². The summed E-state index contributed by atoms with van der Waals surface area (Å²) in [6, 6.07) is 15.7. The molecule has 0 aliphatic rings. The molecule has 1 N–H and O–H groups in total. The van der Waals surface area contributed by atoms with Crippen LogP contribution in [0.25, 0.3) is 6.08 Å². The van der Waals surface area contributed by atoms with Gasteiger partial charge in [0.15, 0.2) is 6.10 Å². The van der Waals surface area contributed by atoms with Gasteiger partial charge >= 0.3 is 5.97 Å². The smallest absolute Gasteiger partial charge is 0.349 e. The monoisotopic (exact) mass is 368 g/mol. The number of rotatable bonds is 5. The molecule has 1 atom stereocenters. The quantitative estimate of drug-likeness (QED) is 0.489. The van der Waals surface area contributed by atoms with E-state index < -0.39 is 18.0 Å². The largest absolute Gasteiger partial charge is 0.448 e. The zero-order valence-electron chi connectivity index (χ0n) is 14.3. The number of nitriles is 1. The number of nitrogens with one attached hydrogen (secondary N) is 1. The van der Waals surface area contributed by atoms with Crippen LogP contribution < -0.4 is 5.32 Å². The van der Waals surface area contributed by atoms with Gasteiger partial charge in [0.2, 0.25) is 0 Å². The van der Waals surface area contributed by atoms with Crippen molar-refractivity contribution in [3.05, 3.63) is 70.3 Å². The van der Waals surface area contributed by atoms with Crippen LogP contribution in [0, 0.1) is 18.3 Å². The normalized spacial score (nSPS) is 12.0. The Kier molecular flexibility index (Phi) is 6.54. The third-order valence-corrected chi connectivity index (χ3v) is 3.71. The van der Waals surface area contributed by atoms with E-state index in [9.17, 15) is 14.9 Å². The molecule has 0 saturated carbocycles. The Labute approximate surface area is 156 Å². The van der Waals surface area contributed by atoms with E-state index in [4.69, 9.17) is 16.3 Å². The average molecular weight is 369 g/mol. The maximum absolute atomic E-state index is 12.2. The lowest BCUT2D eigenvalue weighted by Crippen LogP contribution is -2.30. The number of halogens is 1. The summed E-state index contributed by atoms with van der Waals surface area (Å²) in [6.07, 6.45) is 0.347. The number of benzene rings is 2. The molecule has 0 radical (unpaired) electrons. The number of amides is 1. The number of anilines is 1. The molecule has 2 aromatic carbocycles. The summed E-state index contributed by atoms with van der Waals surface area (Å²) in [5.74, 6) is -1.38. The van der Waals surface area contributed by atoms with Gasteiger partial charge in [0.05, 0.1) is 0 Å². The van der Waals surface area contributed by atoms with Gasteiger partial charge in [0.1, 0.15) is 11.6 Å². The van der Waals surface area contributed by atoms with Crippen molar-refractivity contribution in [3.8, 4) is 6.07 Å².